The molecule has 0 spiro atoms. The molecule has 0 saturated heterocycles. The number of nitrogens with zero attached hydrogens (tertiary/aromatic N) is 1. The van der Waals surface area contributed by atoms with Crippen molar-refractivity contribution in [3.05, 3.63) is 35.4 Å². The monoisotopic (exact) mass is 228 g/mol. The second kappa shape index (κ2) is 6.43. The molecule has 4 heteroatoms. The fourth-order valence-corrected chi connectivity index (χ4v) is 1.28. The zero-order valence-corrected chi connectivity index (χ0v) is 10.1. The van der Waals surface area contributed by atoms with Gasteiger partial charge in [0.2, 0.25) is 0 Å². The van der Waals surface area contributed by atoms with E-state index in [1.807, 2.05) is 31.3 Å². The van der Waals surface area contributed by atoms with Crippen LogP contribution in [0.5, 0.6) is 0 Å². The summed E-state index contributed by atoms with van der Waals surface area (Å²) in [7, 11) is 5.40. The minimum Gasteiger partial charge on any atom is -0.345 e. The minimum absolute atomic E-state index is 0. The van der Waals surface area contributed by atoms with Gasteiger partial charge in [-0.2, -0.15) is 0 Å². The van der Waals surface area contributed by atoms with Crippen LogP contribution in [0.1, 0.15) is 15.9 Å². The molecular weight excluding hydrogens is 212 g/mol. The number of hydrogen-bond acceptors (Lipinski definition) is 2. The van der Waals surface area contributed by atoms with E-state index >= 15 is 0 Å². The molecule has 0 fully saturated rings. The number of rotatable bonds is 3. The highest BCUT2D eigenvalue weighted by molar-refractivity contribution is 5.94. The Kier molecular flexibility index (Phi) is 5.97. The summed E-state index contributed by atoms with van der Waals surface area (Å²) in [4.78, 5) is 13.2. The number of carbonyl (C=O) groups is 1. The van der Waals surface area contributed by atoms with Crippen LogP contribution in [0.25, 0.3) is 0 Å². The van der Waals surface area contributed by atoms with Gasteiger partial charge in [0.1, 0.15) is 0 Å². The van der Waals surface area contributed by atoms with Crippen molar-refractivity contribution in [2.24, 2.45) is 0 Å². The topological polar surface area (TPSA) is 32.3 Å². The van der Waals surface area contributed by atoms with Gasteiger partial charge in [-0.05, 0) is 24.7 Å². The second-order valence-corrected chi connectivity index (χ2v) is 3.43. The Morgan fingerprint density at radius 1 is 1.40 bits per heavy atom. The molecule has 0 heterocycles. The third-order valence-electron chi connectivity index (χ3n) is 1.96. The first kappa shape index (κ1) is 13.9. The molecule has 1 N–H and O–H groups in total. The maximum atomic E-state index is 11.6. The van der Waals surface area contributed by atoms with E-state index in [1.54, 1.807) is 19.0 Å². The van der Waals surface area contributed by atoms with Gasteiger partial charge in [0.25, 0.3) is 5.91 Å². The van der Waals surface area contributed by atoms with Gasteiger partial charge in [-0.1, -0.05) is 12.1 Å². The molecule has 1 amide bonds. The predicted molar refractivity (Wildman–Crippen MR) is 64.5 cm³/mol. The van der Waals surface area contributed by atoms with E-state index < -0.39 is 0 Å². The molecule has 0 aliphatic heterocycles. The Balaban J connectivity index is 0.00000196. The van der Waals surface area contributed by atoms with E-state index in [2.05, 4.69) is 5.32 Å². The lowest BCUT2D eigenvalue weighted by Gasteiger charge is -2.10. The molecule has 1 aromatic carbocycles. The van der Waals surface area contributed by atoms with Gasteiger partial charge in [-0.25, -0.2) is 0 Å². The van der Waals surface area contributed by atoms with Gasteiger partial charge in [-0.15, -0.1) is 12.4 Å². The molecule has 0 radical (unpaired) electrons. The summed E-state index contributed by atoms with van der Waals surface area (Å²) in [6.45, 7) is 0.786. The Labute approximate surface area is 96.9 Å². The highest BCUT2D eigenvalue weighted by atomic mass is 35.5. The lowest BCUT2D eigenvalue weighted by atomic mass is 10.1. The Morgan fingerprint density at radius 3 is 2.60 bits per heavy atom. The summed E-state index contributed by atoms with van der Waals surface area (Å²) >= 11 is 0. The molecular formula is C11H17ClN2O. The van der Waals surface area contributed by atoms with Crippen LogP contribution in [0, 0.1) is 0 Å². The quantitative estimate of drug-likeness (QED) is 0.851. The summed E-state index contributed by atoms with van der Waals surface area (Å²) < 4.78 is 0. The van der Waals surface area contributed by atoms with Crippen LogP contribution in [-0.2, 0) is 6.54 Å². The van der Waals surface area contributed by atoms with Crippen molar-refractivity contribution < 1.29 is 4.79 Å². The maximum Gasteiger partial charge on any atom is 0.253 e. The Hall–Kier alpha value is -1.06. The summed E-state index contributed by atoms with van der Waals surface area (Å²) in [5.41, 5.74) is 1.86. The van der Waals surface area contributed by atoms with Crippen LogP contribution in [0.3, 0.4) is 0 Å². The molecule has 0 aliphatic rings. The van der Waals surface area contributed by atoms with Gasteiger partial charge in [0.15, 0.2) is 0 Å². The molecule has 1 aromatic rings. The van der Waals surface area contributed by atoms with Crippen molar-refractivity contribution in [2.45, 2.75) is 6.54 Å². The van der Waals surface area contributed by atoms with Crippen molar-refractivity contribution in [3.63, 3.8) is 0 Å². The normalized spacial score (nSPS) is 9.27. The lowest BCUT2D eigenvalue weighted by Crippen LogP contribution is -2.21. The van der Waals surface area contributed by atoms with E-state index in [4.69, 9.17) is 0 Å². The molecule has 0 atom stereocenters. The summed E-state index contributed by atoms with van der Waals surface area (Å²) in [6, 6.07) is 7.66. The van der Waals surface area contributed by atoms with E-state index in [0.717, 1.165) is 17.7 Å². The Bertz CT molecular complexity index is 326. The number of amides is 1. The van der Waals surface area contributed by atoms with Crippen LogP contribution >= 0.6 is 12.4 Å². The molecule has 0 unspecified atom stereocenters. The summed E-state index contributed by atoms with van der Waals surface area (Å²) in [6.07, 6.45) is 0. The highest BCUT2D eigenvalue weighted by Crippen LogP contribution is 2.06. The fraction of sp³-hybridized carbons (Fsp3) is 0.364. The molecule has 0 aromatic heterocycles. The predicted octanol–water partition coefficient (Wildman–Crippen LogP) is 1.53. The maximum absolute atomic E-state index is 11.6. The average molecular weight is 229 g/mol. The minimum atomic E-state index is 0. The van der Waals surface area contributed by atoms with Crippen LogP contribution < -0.4 is 5.32 Å². The number of carbonyl (C=O) groups excluding carboxylic acids is 1. The van der Waals surface area contributed by atoms with Gasteiger partial charge in [0.05, 0.1) is 0 Å². The van der Waals surface area contributed by atoms with Crippen LogP contribution in [-0.4, -0.2) is 32.0 Å². The lowest BCUT2D eigenvalue weighted by molar-refractivity contribution is 0.0827. The molecule has 0 aliphatic carbocycles. The van der Waals surface area contributed by atoms with Gasteiger partial charge < -0.3 is 10.2 Å². The molecule has 0 bridgehead atoms. The first-order chi connectivity index (χ1) is 6.65. The third-order valence-corrected chi connectivity index (χ3v) is 1.96. The van der Waals surface area contributed by atoms with Crippen LogP contribution in [0.4, 0.5) is 0 Å². The van der Waals surface area contributed by atoms with Crippen molar-refractivity contribution in [3.8, 4) is 0 Å². The smallest absolute Gasteiger partial charge is 0.253 e. The summed E-state index contributed by atoms with van der Waals surface area (Å²) in [5, 5.41) is 3.05. The van der Waals surface area contributed by atoms with Crippen molar-refractivity contribution >= 4 is 18.3 Å². The number of hydrogen-bond donors (Lipinski definition) is 1. The molecule has 0 saturated carbocycles. The average Bonchev–Trinajstić information content (AvgIpc) is 2.17. The molecule has 3 nitrogen and oxygen atoms in total. The van der Waals surface area contributed by atoms with Gasteiger partial charge in [-0.3, -0.25) is 4.79 Å². The molecule has 15 heavy (non-hydrogen) atoms. The zero-order valence-electron chi connectivity index (χ0n) is 9.28. The van der Waals surface area contributed by atoms with Crippen molar-refractivity contribution in [1.82, 2.24) is 10.2 Å². The van der Waals surface area contributed by atoms with E-state index in [1.165, 1.54) is 0 Å². The SMILES string of the molecule is CNCc1cccc(C(=O)N(C)C)c1.Cl. The second-order valence-electron chi connectivity index (χ2n) is 3.43. The van der Waals surface area contributed by atoms with Gasteiger partial charge >= 0.3 is 0 Å². The molecule has 84 valence electrons. The third kappa shape index (κ3) is 3.90. The highest BCUT2D eigenvalue weighted by Gasteiger charge is 2.07. The summed E-state index contributed by atoms with van der Waals surface area (Å²) in [5.74, 6) is 0.0444. The largest absolute Gasteiger partial charge is 0.345 e. The van der Waals surface area contributed by atoms with Gasteiger partial charge in [0, 0.05) is 26.2 Å². The fourth-order valence-electron chi connectivity index (χ4n) is 1.28. The number of nitrogens with one attached hydrogen (secondary N) is 1. The van der Waals surface area contributed by atoms with Crippen LogP contribution in [0.15, 0.2) is 24.3 Å². The first-order valence-corrected chi connectivity index (χ1v) is 4.60. The number of halogens is 1. The van der Waals surface area contributed by atoms with E-state index in [0.29, 0.717) is 0 Å². The standard InChI is InChI=1S/C11H16N2O.ClH/c1-12-8-9-5-4-6-10(7-9)11(14)13(2)3;/h4-7,12H,8H2,1-3H3;1H. The molecule has 1 rings (SSSR count). The first-order valence-electron chi connectivity index (χ1n) is 4.60. The van der Waals surface area contributed by atoms with Crippen molar-refractivity contribution in [1.29, 1.82) is 0 Å². The number of benzene rings is 1. The van der Waals surface area contributed by atoms with E-state index in [9.17, 15) is 4.79 Å². The van der Waals surface area contributed by atoms with E-state index in [-0.39, 0.29) is 18.3 Å². The Morgan fingerprint density at radius 2 is 2.07 bits per heavy atom. The zero-order chi connectivity index (χ0) is 10.6. The van der Waals surface area contributed by atoms with Crippen molar-refractivity contribution in [2.75, 3.05) is 21.1 Å². The van der Waals surface area contributed by atoms with Crippen LogP contribution in [0.2, 0.25) is 0 Å².